The van der Waals surface area contributed by atoms with Crippen molar-refractivity contribution in [3.05, 3.63) is 53.7 Å². The predicted molar refractivity (Wildman–Crippen MR) is 89.0 cm³/mol. The molecule has 0 aliphatic rings. The van der Waals surface area contributed by atoms with E-state index in [-0.39, 0.29) is 11.7 Å². The van der Waals surface area contributed by atoms with Gasteiger partial charge in [-0.1, -0.05) is 0 Å². The maximum Gasteiger partial charge on any atom is 0.257 e. The van der Waals surface area contributed by atoms with Crippen LogP contribution in [0, 0.1) is 0 Å². The van der Waals surface area contributed by atoms with E-state index in [0.717, 1.165) is 0 Å². The van der Waals surface area contributed by atoms with Gasteiger partial charge in [0, 0.05) is 31.1 Å². The van der Waals surface area contributed by atoms with Gasteiger partial charge in [0.1, 0.15) is 5.82 Å². The first-order valence-electron chi connectivity index (χ1n) is 7.21. The largest absolute Gasteiger partial charge is 0.383 e. The molecule has 2 rings (SSSR count). The van der Waals surface area contributed by atoms with E-state index in [1.807, 2.05) is 0 Å². The Labute approximate surface area is 134 Å². The van der Waals surface area contributed by atoms with Crippen molar-refractivity contribution >= 4 is 23.2 Å². The Kier molecular flexibility index (Phi) is 5.82. The van der Waals surface area contributed by atoms with Crippen LogP contribution >= 0.6 is 0 Å². The number of ether oxygens (including phenoxy) is 1. The summed E-state index contributed by atoms with van der Waals surface area (Å²) in [6, 6.07) is 10.2. The molecular weight excluding hydrogens is 294 g/mol. The van der Waals surface area contributed by atoms with E-state index in [1.54, 1.807) is 43.5 Å². The number of aromatic nitrogens is 1. The molecule has 6 heteroatoms. The van der Waals surface area contributed by atoms with Crippen LogP contribution in [0.2, 0.25) is 0 Å². The van der Waals surface area contributed by atoms with Gasteiger partial charge in [0.05, 0.1) is 12.2 Å². The molecule has 0 saturated heterocycles. The van der Waals surface area contributed by atoms with Gasteiger partial charge in [-0.15, -0.1) is 0 Å². The second-order valence-electron chi connectivity index (χ2n) is 4.94. The molecule has 1 aromatic carbocycles. The van der Waals surface area contributed by atoms with Crippen molar-refractivity contribution in [2.75, 3.05) is 30.9 Å². The number of Topliss-reactive ketones (excluding diaryl/α,β-unsaturated/α-hetero) is 1. The van der Waals surface area contributed by atoms with E-state index in [9.17, 15) is 9.59 Å². The summed E-state index contributed by atoms with van der Waals surface area (Å²) in [5.41, 5.74) is 1.69. The Morgan fingerprint density at radius 2 is 1.78 bits per heavy atom. The van der Waals surface area contributed by atoms with Gasteiger partial charge < -0.3 is 15.4 Å². The number of hydrogen-bond donors (Lipinski definition) is 2. The topological polar surface area (TPSA) is 80.3 Å². The van der Waals surface area contributed by atoms with E-state index in [4.69, 9.17) is 4.74 Å². The summed E-state index contributed by atoms with van der Waals surface area (Å²) in [5, 5.41) is 5.84. The highest BCUT2D eigenvalue weighted by Gasteiger charge is 2.07. The minimum Gasteiger partial charge on any atom is -0.383 e. The van der Waals surface area contributed by atoms with Crippen LogP contribution in [-0.2, 0) is 4.74 Å². The molecule has 2 N–H and O–H groups in total. The lowest BCUT2D eigenvalue weighted by atomic mass is 10.1. The number of ketones is 1. The lowest BCUT2D eigenvalue weighted by Gasteiger charge is -2.07. The van der Waals surface area contributed by atoms with Gasteiger partial charge in [0.15, 0.2) is 5.78 Å². The first kappa shape index (κ1) is 16.6. The SMILES string of the molecule is COCCNc1ccc(C(=O)Nc2ccc(C(C)=O)cc2)cn1. The number of amides is 1. The van der Waals surface area contributed by atoms with Gasteiger partial charge in [0.25, 0.3) is 5.91 Å². The third-order valence-corrected chi connectivity index (χ3v) is 3.19. The number of carbonyl (C=O) groups is 2. The van der Waals surface area contributed by atoms with Crippen LogP contribution in [-0.4, -0.2) is 36.9 Å². The predicted octanol–water partition coefficient (Wildman–Crippen LogP) is 2.59. The van der Waals surface area contributed by atoms with Crippen LogP contribution in [0.15, 0.2) is 42.6 Å². The van der Waals surface area contributed by atoms with Crippen LogP contribution in [0.1, 0.15) is 27.6 Å². The highest BCUT2D eigenvalue weighted by Crippen LogP contribution is 2.12. The molecule has 120 valence electrons. The van der Waals surface area contributed by atoms with Crippen molar-refractivity contribution in [1.29, 1.82) is 0 Å². The fourth-order valence-electron chi connectivity index (χ4n) is 1.91. The first-order chi connectivity index (χ1) is 11.1. The zero-order valence-corrected chi connectivity index (χ0v) is 13.1. The molecule has 0 radical (unpaired) electrons. The van der Waals surface area contributed by atoms with Crippen molar-refractivity contribution in [2.45, 2.75) is 6.92 Å². The normalized spacial score (nSPS) is 10.2. The Bertz CT molecular complexity index is 666. The average Bonchev–Trinajstić information content (AvgIpc) is 2.56. The summed E-state index contributed by atoms with van der Waals surface area (Å²) in [6.45, 7) is 2.74. The maximum absolute atomic E-state index is 12.1. The molecule has 1 aromatic heterocycles. The third kappa shape index (κ3) is 4.89. The number of nitrogens with zero attached hydrogens (tertiary/aromatic N) is 1. The number of carbonyl (C=O) groups excluding carboxylic acids is 2. The third-order valence-electron chi connectivity index (χ3n) is 3.19. The van der Waals surface area contributed by atoms with Gasteiger partial charge in [-0.3, -0.25) is 9.59 Å². The number of pyridine rings is 1. The van der Waals surface area contributed by atoms with Crippen LogP contribution in [0.4, 0.5) is 11.5 Å². The molecule has 2 aromatic rings. The quantitative estimate of drug-likeness (QED) is 0.606. The zero-order chi connectivity index (χ0) is 16.7. The second kappa shape index (κ2) is 8.05. The fourth-order valence-corrected chi connectivity index (χ4v) is 1.91. The molecule has 1 heterocycles. The minimum atomic E-state index is -0.253. The first-order valence-corrected chi connectivity index (χ1v) is 7.21. The molecule has 1 amide bonds. The molecule has 0 bridgehead atoms. The Morgan fingerprint density at radius 1 is 1.09 bits per heavy atom. The second-order valence-corrected chi connectivity index (χ2v) is 4.94. The fraction of sp³-hybridized carbons (Fsp3) is 0.235. The van der Waals surface area contributed by atoms with Crippen molar-refractivity contribution in [3.63, 3.8) is 0 Å². The van der Waals surface area contributed by atoms with Gasteiger partial charge in [-0.05, 0) is 43.3 Å². The molecule has 0 aliphatic heterocycles. The molecule has 23 heavy (non-hydrogen) atoms. The molecule has 0 saturated carbocycles. The van der Waals surface area contributed by atoms with Crippen LogP contribution in [0.3, 0.4) is 0 Å². The maximum atomic E-state index is 12.1. The summed E-state index contributed by atoms with van der Waals surface area (Å²) < 4.78 is 4.94. The molecular formula is C17H19N3O3. The number of benzene rings is 1. The minimum absolute atomic E-state index is 0.0105. The van der Waals surface area contributed by atoms with Gasteiger partial charge >= 0.3 is 0 Å². The summed E-state index contributed by atoms with van der Waals surface area (Å²) in [4.78, 5) is 27.5. The van der Waals surface area contributed by atoms with E-state index in [0.29, 0.717) is 35.8 Å². The van der Waals surface area contributed by atoms with Gasteiger partial charge in [-0.25, -0.2) is 4.98 Å². The molecule has 0 atom stereocenters. The van der Waals surface area contributed by atoms with Crippen molar-refractivity contribution in [1.82, 2.24) is 4.98 Å². The summed E-state index contributed by atoms with van der Waals surface area (Å²) in [6.07, 6.45) is 1.51. The molecule has 0 fully saturated rings. The summed E-state index contributed by atoms with van der Waals surface area (Å²) >= 11 is 0. The lowest BCUT2D eigenvalue weighted by Crippen LogP contribution is -2.13. The number of methoxy groups -OCH3 is 1. The standard InChI is InChI=1S/C17H19N3O3/c1-12(21)13-3-6-15(7-4-13)20-17(22)14-5-8-16(19-11-14)18-9-10-23-2/h3-8,11H,9-10H2,1-2H3,(H,18,19)(H,20,22). The van der Waals surface area contributed by atoms with Crippen LogP contribution in [0.5, 0.6) is 0 Å². The molecule has 6 nitrogen and oxygen atoms in total. The smallest absolute Gasteiger partial charge is 0.257 e. The van der Waals surface area contributed by atoms with Crippen molar-refractivity contribution in [3.8, 4) is 0 Å². The van der Waals surface area contributed by atoms with Crippen LogP contribution in [0.25, 0.3) is 0 Å². The Hall–Kier alpha value is -2.73. The summed E-state index contributed by atoms with van der Waals surface area (Å²) in [5.74, 6) is 0.421. The van der Waals surface area contributed by atoms with Gasteiger partial charge in [-0.2, -0.15) is 0 Å². The van der Waals surface area contributed by atoms with E-state index in [1.165, 1.54) is 13.1 Å². The van der Waals surface area contributed by atoms with Crippen molar-refractivity contribution in [2.24, 2.45) is 0 Å². The monoisotopic (exact) mass is 313 g/mol. The average molecular weight is 313 g/mol. The molecule has 0 spiro atoms. The van der Waals surface area contributed by atoms with Gasteiger partial charge in [0.2, 0.25) is 0 Å². The number of hydrogen-bond acceptors (Lipinski definition) is 5. The number of nitrogens with one attached hydrogen (secondary N) is 2. The van der Waals surface area contributed by atoms with E-state index in [2.05, 4.69) is 15.6 Å². The van der Waals surface area contributed by atoms with Crippen LogP contribution < -0.4 is 10.6 Å². The zero-order valence-electron chi connectivity index (χ0n) is 13.1. The number of anilines is 2. The molecule has 0 unspecified atom stereocenters. The van der Waals surface area contributed by atoms with E-state index < -0.39 is 0 Å². The highest BCUT2D eigenvalue weighted by molar-refractivity contribution is 6.04. The lowest BCUT2D eigenvalue weighted by molar-refractivity contribution is 0.101. The Morgan fingerprint density at radius 3 is 2.35 bits per heavy atom. The Balaban J connectivity index is 1.96. The summed E-state index contributed by atoms with van der Waals surface area (Å²) in [7, 11) is 1.63. The highest BCUT2D eigenvalue weighted by atomic mass is 16.5. The van der Waals surface area contributed by atoms with E-state index >= 15 is 0 Å². The number of rotatable bonds is 7. The van der Waals surface area contributed by atoms with Crippen molar-refractivity contribution < 1.29 is 14.3 Å². The molecule has 0 aliphatic carbocycles.